The Labute approximate surface area is 129 Å². The summed E-state index contributed by atoms with van der Waals surface area (Å²) in [5.41, 5.74) is 7.42. The highest BCUT2D eigenvalue weighted by Gasteiger charge is 2.05. The number of carbonyl (C=O) groups excluding carboxylic acids is 1. The van der Waals surface area contributed by atoms with Gasteiger partial charge in [0, 0.05) is 18.8 Å². The molecule has 0 bridgehead atoms. The maximum Gasteiger partial charge on any atom is 0.267 e. The van der Waals surface area contributed by atoms with Crippen molar-refractivity contribution < 1.29 is 9.18 Å². The maximum absolute atomic E-state index is 13.1. The van der Waals surface area contributed by atoms with Gasteiger partial charge in [0.2, 0.25) is 0 Å². The first-order chi connectivity index (χ1) is 10.5. The van der Waals surface area contributed by atoms with Crippen LogP contribution in [-0.2, 0) is 13.0 Å². The number of nitrogens with two attached hydrogens (primary N) is 1. The summed E-state index contributed by atoms with van der Waals surface area (Å²) in [4.78, 5) is 15.0. The van der Waals surface area contributed by atoms with Crippen molar-refractivity contribution in [3.8, 4) is 0 Å². The molecule has 0 aliphatic rings. The lowest BCUT2D eigenvalue weighted by molar-refractivity contribution is 0.0995. The smallest absolute Gasteiger partial charge is 0.267 e. The van der Waals surface area contributed by atoms with Crippen LogP contribution in [0.15, 0.2) is 42.6 Å². The molecule has 116 valence electrons. The summed E-state index contributed by atoms with van der Waals surface area (Å²) >= 11 is 0. The number of primary amides is 1. The van der Waals surface area contributed by atoms with Crippen LogP contribution in [0.5, 0.6) is 0 Å². The number of hydrogen-bond donors (Lipinski definition) is 2. The molecule has 0 saturated heterocycles. The SMILES string of the molecule is CC(CCc1ccc(C(N)=O)nc1)NCc1cccc(F)c1. The van der Waals surface area contributed by atoms with Crippen molar-refractivity contribution in [3.63, 3.8) is 0 Å². The van der Waals surface area contributed by atoms with Crippen LogP contribution in [0.2, 0.25) is 0 Å². The van der Waals surface area contributed by atoms with Gasteiger partial charge in [-0.15, -0.1) is 0 Å². The maximum atomic E-state index is 13.1. The number of pyridine rings is 1. The van der Waals surface area contributed by atoms with Gasteiger partial charge < -0.3 is 11.1 Å². The minimum atomic E-state index is -0.517. The van der Waals surface area contributed by atoms with E-state index in [1.807, 2.05) is 12.1 Å². The lowest BCUT2D eigenvalue weighted by atomic mass is 10.1. The standard InChI is InChI=1S/C17H20FN3O/c1-12(20-11-14-3-2-4-15(18)9-14)5-6-13-7-8-16(17(19)22)21-10-13/h2-4,7-10,12,20H,5-6,11H2,1H3,(H2,19,22). The number of rotatable bonds is 7. The first-order valence-corrected chi connectivity index (χ1v) is 7.27. The largest absolute Gasteiger partial charge is 0.364 e. The minimum absolute atomic E-state index is 0.215. The van der Waals surface area contributed by atoms with Crippen LogP contribution in [0.1, 0.15) is 35.0 Å². The van der Waals surface area contributed by atoms with Crippen molar-refractivity contribution in [2.75, 3.05) is 0 Å². The summed E-state index contributed by atoms with van der Waals surface area (Å²) in [7, 11) is 0. The molecule has 0 aliphatic heterocycles. The molecule has 1 heterocycles. The Morgan fingerprint density at radius 1 is 1.32 bits per heavy atom. The van der Waals surface area contributed by atoms with Crippen molar-refractivity contribution in [2.24, 2.45) is 5.73 Å². The fraction of sp³-hybridized carbons (Fsp3) is 0.294. The van der Waals surface area contributed by atoms with Gasteiger partial charge in [-0.3, -0.25) is 9.78 Å². The van der Waals surface area contributed by atoms with Gasteiger partial charge in [0.25, 0.3) is 5.91 Å². The van der Waals surface area contributed by atoms with E-state index in [1.165, 1.54) is 12.1 Å². The first-order valence-electron chi connectivity index (χ1n) is 7.27. The summed E-state index contributed by atoms with van der Waals surface area (Å²) < 4.78 is 13.1. The number of hydrogen-bond acceptors (Lipinski definition) is 3. The van der Waals surface area contributed by atoms with Gasteiger partial charge in [-0.05, 0) is 49.1 Å². The zero-order valence-corrected chi connectivity index (χ0v) is 12.6. The van der Waals surface area contributed by atoms with E-state index in [0.717, 1.165) is 24.0 Å². The van der Waals surface area contributed by atoms with E-state index in [9.17, 15) is 9.18 Å². The van der Waals surface area contributed by atoms with Crippen molar-refractivity contribution in [1.29, 1.82) is 0 Å². The van der Waals surface area contributed by atoms with Crippen molar-refractivity contribution in [2.45, 2.75) is 32.4 Å². The molecule has 0 aliphatic carbocycles. The Hall–Kier alpha value is -2.27. The van der Waals surface area contributed by atoms with E-state index in [0.29, 0.717) is 12.6 Å². The number of nitrogens with zero attached hydrogens (tertiary/aromatic N) is 1. The number of nitrogens with one attached hydrogen (secondary N) is 1. The highest BCUT2D eigenvalue weighted by Crippen LogP contribution is 2.07. The van der Waals surface area contributed by atoms with Crippen LogP contribution >= 0.6 is 0 Å². The van der Waals surface area contributed by atoms with Gasteiger partial charge in [-0.25, -0.2) is 4.39 Å². The molecular weight excluding hydrogens is 281 g/mol. The molecule has 1 unspecified atom stereocenters. The van der Waals surface area contributed by atoms with Gasteiger partial charge in [0.1, 0.15) is 11.5 Å². The number of aryl methyl sites for hydroxylation is 1. The molecule has 4 nitrogen and oxygen atoms in total. The summed E-state index contributed by atoms with van der Waals surface area (Å²) in [6, 6.07) is 10.4. The van der Waals surface area contributed by atoms with Gasteiger partial charge in [0.15, 0.2) is 0 Å². The van der Waals surface area contributed by atoms with Gasteiger partial charge in [-0.1, -0.05) is 18.2 Å². The summed E-state index contributed by atoms with van der Waals surface area (Å²) in [6.45, 7) is 2.72. The average Bonchev–Trinajstić information content (AvgIpc) is 2.51. The quantitative estimate of drug-likeness (QED) is 0.825. The third-order valence-electron chi connectivity index (χ3n) is 3.49. The number of aromatic nitrogens is 1. The van der Waals surface area contributed by atoms with E-state index < -0.39 is 5.91 Å². The zero-order valence-electron chi connectivity index (χ0n) is 12.6. The van der Waals surface area contributed by atoms with E-state index in [4.69, 9.17) is 5.73 Å². The monoisotopic (exact) mass is 301 g/mol. The van der Waals surface area contributed by atoms with Gasteiger partial charge >= 0.3 is 0 Å². The van der Waals surface area contributed by atoms with E-state index >= 15 is 0 Å². The molecule has 0 saturated carbocycles. The molecule has 2 rings (SSSR count). The highest BCUT2D eigenvalue weighted by atomic mass is 19.1. The van der Waals surface area contributed by atoms with E-state index in [1.54, 1.807) is 18.3 Å². The molecule has 1 aromatic carbocycles. The average molecular weight is 301 g/mol. The van der Waals surface area contributed by atoms with Crippen LogP contribution in [-0.4, -0.2) is 16.9 Å². The van der Waals surface area contributed by atoms with Crippen LogP contribution in [0.3, 0.4) is 0 Å². The minimum Gasteiger partial charge on any atom is -0.364 e. The van der Waals surface area contributed by atoms with Gasteiger partial charge in [0.05, 0.1) is 0 Å². The molecule has 1 atom stereocenters. The second-order valence-corrected chi connectivity index (χ2v) is 5.37. The van der Waals surface area contributed by atoms with Crippen LogP contribution in [0.25, 0.3) is 0 Å². The number of carbonyl (C=O) groups is 1. The summed E-state index contributed by atoms with van der Waals surface area (Å²) in [5, 5.41) is 3.36. The number of amides is 1. The molecular formula is C17H20FN3O. The Bertz CT molecular complexity index is 628. The summed E-state index contributed by atoms with van der Waals surface area (Å²) in [5.74, 6) is -0.732. The van der Waals surface area contributed by atoms with Crippen molar-refractivity contribution >= 4 is 5.91 Å². The fourth-order valence-electron chi connectivity index (χ4n) is 2.14. The van der Waals surface area contributed by atoms with E-state index in [2.05, 4.69) is 17.2 Å². The van der Waals surface area contributed by atoms with Gasteiger partial charge in [-0.2, -0.15) is 0 Å². The second-order valence-electron chi connectivity index (χ2n) is 5.37. The molecule has 2 aromatic rings. The Kier molecular flexibility index (Phi) is 5.61. The first kappa shape index (κ1) is 16.1. The zero-order chi connectivity index (χ0) is 15.9. The van der Waals surface area contributed by atoms with Crippen LogP contribution < -0.4 is 11.1 Å². The Morgan fingerprint density at radius 2 is 2.14 bits per heavy atom. The normalized spacial score (nSPS) is 12.1. The van der Waals surface area contributed by atoms with Crippen LogP contribution in [0, 0.1) is 5.82 Å². The topological polar surface area (TPSA) is 68.0 Å². The predicted molar refractivity (Wildman–Crippen MR) is 83.8 cm³/mol. The molecule has 0 fully saturated rings. The lowest BCUT2D eigenvalue weighted by Crippen LogP contribution is -2.26. The molecule has 0 radical (unpaired) electrons. The molecule has 0 spiro atoms. The molecule has 22 heavy (non-hydrogen) atoms. The third kappa shape index (κ3) is 4.93. The highest BCUT2D eigenvalue weighted by molar-refractivity contribution is 5.90. The Balaban J connectivity index is 1.77. The number of benzene rings is 1. The number of halogens is 1. The fourth-order valence-corrected chi connectivity index (χ4v) is 2.14. The van der Waals surface area contributed by atoms with Crippen LogP contribution in [0.4, 0.5) is 4.39 Å². The Morgan fingerprint density at radius 3 is 2.77 bits per heavy atom. The molecule has 1 aromatic heterocycles. The molecule has 5 heteroatoms. The molecule has 3 N–H and O–H groups in total. The second kappa shape index (κ2) is 7.66. The predicted octanol–water partition coefficient (Wildman–Crippen LogP) is 2.43. The van der Waals surface area contributed by atoms with Crippen molar-refractivity contribution in [3.05, 3.63) is 65.2 Å². The van der Waals surface area contributed by atoms with Crippen molar-refractivity contribution in [1.82, 2.24) is 10.3 Å². The lowest BCUT2D eigenvalue weighted by Gasteiger charge is -2.14. The summed E-state index contributed by atoms with van der Waals surface area (Å²) in [6.07, 6.45) is 3.45. The molecule has 1 amide bonds. The van der Waals surface area contributed by atoms with E-state index in [-0.39, 0.29) is 11.5 Å². The third-order valence-corrected chi connectivity index (χ3v) is 3.49.